The minimum absolute atomic E-state index is 0.0323. The lowest BCUT2D eigenvalue weighted by atomic mass is 9.92. The van der Waals surface area contributed by atoms with Gasteiger partial charge >= 0.3 is 5.97 Å². The van der Waals surface area contributed by atoms with Gasteiger partial charge in [0.25, 0.3) is 0 Å². The molecule has 3 rings (SSSR count). The van der Waals surface area contributed by atoms with Crippen LogP contribution in [0.5, 0.6) is 0 Å². The van der Waals surface area contributed by atoms with E-state index in [1.807, 2.05) is 31.2 Å². The largest absolute Gasteiger partial charge is 0.480 e. The highest BCUT2D eigenvalue weighted by Crippen LogP contribution is 2.28. The van der Waals surface area contributed by atoms with Crippen molar-refractivity contribution in [3.8, 4) is 0 Å². The highest BCUT2D eigenvalue weighted by atomic mass is 16.4. The van der Waals surface area contributed by atoms with Crippen LogP contribution < -0.4 is 0 Å². The van der Waals surface area contributed by atoms with Crippen molar-refractivity contribution in [3.63, 3.8) is 0 Å². The van der Waals surface area contributed by atoms with Crippen LogP contribution in [0.25, 0.3) is 0 Å². The Labute approximate surface area is 134 Å². The number of fused-ring (bicyclic) bond motifs is 1. The Balaban J connectivity index is 1.84. The maximum absolute atomic E-state index is 12.8. The van der Waals surface area contributed by atoms with Crippen LogP contribution in [0, 0.1) is 5.92 Å². The molecule has 0 bridgehead atoms. The molecule has 2 atom stereocenters. The van der Waals surface area contributed by atoms with Gasteiger partial charge in [-0.25, -0.2) is 4.79 Å². The average molecular weight is 316 g/mol. The zero-order chi connectivity index (χ0) is 16.6. The fourth-order valence-electron chi connectivity index (χ4n) is 3.45. The van der Waals surface area contributed by atoms with Gasteiger partial charge in [-0.05, 0) is 18.1 Å². The predicted octanol–water partition coefficient (Wildman–Crippen LogP) is 0.893. The molecule has 2 heterocycles. The number of carboxylic acids is 1. The molecule has 2 amide bonds. The molecule has 1 aromatic carbocycles. The highest BCUT2D eigenvalue weighted by Gasteiger charge is 2.41. The molecule has 1 saturated heterocycles. The maximum atomic E-state index is 12.8. The molecule has 2 aliphatic heterocycles. The molecule has 6 nitrogen and oxygen atoms in total. The summed E-state index contributed by atoms with van der Waals surface area (Å²) in [7, 11) is 0. The Kier molecular flexibility index (Phi) is 4.07. The van der Waals surface area contributed by atoms with Crippen LogP contribution >= 0.6 is 0 Å². The fourth-order valence-corrected chi connectivity index (χ4v) is 3.45. The van der Waals surface area contributed by atoms with Gasteiger partial charge in [-0.1, -0.05) is 24.3 Å². The first kappa shape index (κ1) is 15.5. The lowest BCUT2D eigenvalue weighted by Crippen LogP contribution is -2.51. The van der Waals surface area contributed by atoms with Crippen LogP contribution in [0.3, 0.4) is 0 Å². The van der Waals surface area contributed by atoms with Crippen molar-refractivity contribution in [1.29, 1.82) is 0 Å². The number of hydrogen-bond acceptors (Lipinski definition) is 3. The van der Waals surface area contributed by atoms with Gasteiger partial charge in [-0.2, -0.15) is 0 Å². The van der Waals surface area contributed by atoms with E-state index < -0.39 is 17.9 Å². The summed E-state index contributed by atoms with van der Waals surface area (Å²) in [5, 5.41) is 9.50. The molecule has 0 saturated carbocycles. The number of hydrogen-bond donors (Lipinski definition) is 1. The smallest absolute Gasteiger partial charge is 0.326 e. The Morgan fingerprint density at radius 2 is 1.91 bits per heavy atom. The summed E-state index contributed by atoms with van der Waals surface area (Å²) in [6.07, 6.45) is 0.493. The van der Waals surface area contributed by atoms with Crippen LogP contribution in [0.2, 0.25) is 0 Å². The second-order valence-corrected chi connectivity index (χ2v) is 6.13. The van der Waals surface area contributed by atoms with Gasteiger partial charge in [0.1, 0.15) is 6.04 Å². The standard InChI is InChI=1S/C17H20N2O4/c1-2-18-9-13(8-15(18)20)16(21)19-10-12-6-4-3-5-11(12)7-14(19)17(22)23/h3-6,13-14H,2,7-10H2,1H3,(H,22,23)/t13-,14+/m1/s1. The number of carboxylic acid groups (broad SMARTS) is 1. The molecule has 23 heavy (non-hydrogen) atoms. The Morgan fingerprint density at radius 1 is 1.22 bits per heavy atom. The number of likely N-dealkylation sites (tertiary alicyclic amines) is 1. The van der Waals surface area contributed by atoms with Crippen molar-refractivity contribution in [3.05, 3.63) is 35.4 Å². The van der Waals surface area contributed by atoms with Crippen molar-refractivity contribution < 1.29 is 19.5 Å². The SMILES string of the molecule is CCN1C[C@H](C(=O)N2Cc3ccccc3C[C@H]2C(=O)O)CC1=O. The third-order valence-electron chi connectivity index (χ3n) is 4.76. The zero-order valence-corrected chi connectivity index (χ0v) is 13.1. The third kappa shape index (κ3) is 2.81. The van der Waals surface area contributed by atoms with Crippen molar-refractivity contribution in [2.45, 2.75) is 32.4 Å². The summed E-state index contributed by atoms with van der Waals surface area (Å²) < 4.78 is 0. The molecule has 6 heteroatoms. The average Bonchev–Trinajstić information content (AvgIpc) is 2.93. The van der Waals surface area contributed by atoms with E-state index in [4.69, 9.17) is 0 Å². The molecule has 1 fully saturated rings. The van der Waals surface area contributed by atoms with Crippen molar-refractivity contribution >= 4 is 17.8 Å². The monoisotopic (exact) mass is 316 g/mol. The Hall–Kier alpha value is -2.37. The minimum atomic E-state index is -0.996. The normalized spacial score (nSPS) is 23.8. The van der Waals surface area contributed by atoms with Crippen LogP contribution in [0.15, 0.2) is 24.3 Å². The van der Waals surface area contributed by atoms with Crippen molar-refractivity contribution in [2.75, 3.05) is 13.1 Å². The van der Waals surface area contributed by atoms with E-state index in [1.165, 1.54) is 4.90 Å². The number of amides is 2. The molecule has 0 aromatic heterocycles. The summed E-state index contributed by atoms with van der Waals surface area (Å²) in [6, 6.07) is 6.74. The van der Waals surface area contributed by atoms with E-state index in [-0.39, 0.29) is 18.2 Å². The number of nitrogens with zero attached hydrogens (tertiary/aromatic N) is 2. The zero-order valence-electron chi connectivity index (χ0n) is 13.1. The highest BCUT2D eigenvalue weighted by molar-refractivity contribution is 5.91. The molecular weight excluding hydrogens is 296 g/mol. The lowest BCUT2D eigenvalue weighted by Gasteiger charge is -2.35. The molecule has 122 valence electrons. The molecule has 1 N–H and O–H groups in total. The van der Waals surface area contributed by atoms with Crippen LogP contribution in [-0.2, 0) is 27.3 Å². The minimum Gasteiger partial charge on any atom is -0.480 e. The summed E-state index contributed by atoms with van der Waals surface area (Å²) in [5.41, 5.74) is 1.96. The first-order valence-electron chi connectivity index (χ1n) is 7.89. The number of carbonyl (C=O) groups excluding carboxylic acids is 2. The molecule has 2 aliphatic rings. The molecule has 0 radical (unpaired) electrons. The summed E-state index contributed by atoms with van der Waals surface area (Å²) >= 11 is 0. The quantitative estimate of drug-likeness (QED) is 0.898. The van der Waals surface area contributed by atoms with Gasteiger partial charge in [0.2, 0.25) is 11.8 Å². The number of rotatable bonds is 3. The second-order valence-electron chi connectivity index (χ2n) is 6.13. The summed E-state index contributed by atoms with van der Waals surface area (Å²) in [4.78, 5) is 39.4. The lowest BCUT2D eigenvalue weighted by molar-refractivity contribution is -0.153. The fraction of sp³-hybridized carbons (Fsp3) is 0.471. The predicted molar refractivity (Wildman–Crippen MR) is 82.5 cm³/mol. The van der Waals surface area contributed by atoms with Crippen LogP contribution in [0.1, 0.15) is 24.5 Å². The van der Waals surface area contributed by atoms with E-state index >= 15 is 0 Å². The van der Waals surface area contributed by atoms with E-state index in [1.54, 1.807) is 4.90 Å². The molecule has 1 aromatic rings. The Bertz CT molecular complexity index is 658. The number of carbonyl (C=O) groups is 3. The first-order valence-corrected chi connectivity index (χ1v) is 7.89. The second kappa shape index (κ2) is 6.02. The van der Waals surface area contributed by atoms with E-state index in [9.17, 15) is 19.5 Å². The van der Waals surface area contributed by atoms with E-state index in [0.29, 0.717) is 26.1 Å². The van der Waals surface area contributed by atoms with Gasteiger partial charge in [0, 0.05) is 32.5 Å². The van der Waals surface area contributed by atoms with Gasteiger partial charge in [0.15, 0.2) is 0 Å². The van der Waals surface area contributed by atoms with Crippen LogP contribution in [0.4, 0.5) is 0 Å². The molecule has 0 aliphatic carbocycles. The number of aliphatic carboxylic acids is 1. The maximum Gasteiger partial charge on any atom is 0.326 e. The third-order valence-corrected chi connectivity index (χ3v) is 4.76. The summed E-state index contributed by atoms with van der Waals surface area (Å²) in [6.45, 7) is 3.14. The van der Waals surface area contributed by atoms with Gasteiger partial charge in [0.05, 0.1) is 5.92 Å². The number of benzene rings is 1. The van der Waals surface area contributed by atoms with Crippen LogP contribution in [-0.4, -0.2) is 51.8 Å². The first-order chi connectivity index (χ1) is 11.0. The van der Waals surface area contributed by atoms with E-state index in [0.717, 1.165) is 11.1 Å². The topological polar surface area (TPSA) is 77.9 Å². The van der Waals surface area contributed by atoms with Crippen molar-refractivity contribution in [2.24, 2.45) is 5.92 Å². The Morgan fingerprint density at radius 3 is 2.52 bits per heavy atom. The van der Waals surface area contributed by atoms with Gasteiger partial charge in [-0.3, -0.25) is 9.59 Å². The van der Waals surface area contributed by atoms with Crippen molar-refractivity contribution in [1.82, 2.24) is 9.80 Å². The van der Waals surface area contributed by atoms with E-state index in [2.05, 4.69) is 0 Å². The molecule has 0 unspecified atom stereocenters. The van der Waals surface area contributed by atoms with Gasteiger partial charge < -0.3 is 14.9 Å². The summed E-state index contributed by atoms with van der Waals surface area (Å²) in [5.74, 6) is -1.69. The molecular formula is C17H20N2O4. The molecule has 0 spiro atoms. The van der Waals surface area contributed by atoms with Gasteiger partial charge in [-0.15, -0.1) is 0 Å².